The molecule has 0 bridgehead atoms. The molecule has 5 rings (SSSR count). The summed E-state index contributed by atoms with van der Waals surface area (Å²) in [6.45, 7) is 1.69. The zero-order chi connectivity index (χ0) is 19.3. The minimum atomic E-state index is -3.91. The Morgan fingerprint density at radius 3 is 2.93 bits per heavy atom. The predicted octanol–water partition coefficient (Wildman–Crippen LogP) is 2.53. The lowest BCUT2D eigenvalue weighted by Crippen LogP contribution is -2.24. The Morgan fingerprint density at radius 1 is 1.21 bits per heavy atom. The number of hydrogen-bond acceptors (Lipinski definition) is 7. The van der Waals surface area contributed by atoms with Crippen molar-refractivity contribution in [2.75, 3.05) is 20.1 Å². The highest BCUT2D eigenvalue weighted by Gasteiger charge is 2.26. The van der Waals surface area contributed by atoms with Crippen molar-refractivity contribution in [2.24, 2.45) is 0 Å². The van der Waals surface area contributed by atoms with Gasteiger partial charge in [-0.25, -0.2) is 0 Å². The van der Waals surface area contributed by atoms with E-state index in [0.717, 1.165) is 29.2 Å². The predicted molar refractivity (Wildman–Crippen MR) is 104 cm³/mol. The van der Waals surface area contributed by atoms with Crippen LogP contribution in [-0.4, -0.2) is 52.8 Å². The van der Waals surface area contributed by atoms with Gasteiger partial charge in [0.2, 0.25) is 0 Å². The minimum absolute atomic E-state index is 0.125. The first-order chi connectivity index (χ1) is 13.5. The Hall–Kier alpha value is -3.04. The highest BCUT2D eigenvalue weighted by Crippen LogP contribution is 2.30. The molecule has 0 saturated heterocycles. The SMILES string of the molecule is CN1CC=C(c2nn(S(=O)(=O)c3ccc4oncc4c3)c3cccnc23)CC1. The summed E-state index contributed by atoms with van der Waals surface area (Å²) < 4.78 is 32.9. The van der Waals surface area contributed by atoms with Crippen LogP contribution in [0.3, 0.4) is 0 Å². The summed E-state index contributed by atoms with van der Waals surface area (Å²) in [4.78, 5) is 6.74. The summed E-state index contributed by atoms with van der Waals surface area (Å²) in [6, 6.07) is 8.08. The molecular weight excluding hydrogens is 378 g/mol. The molecule has 0 aliphatic carbocycles. The lowest BCUT2D eigenvalue weighted by molar-refractivity contribution is 0.370. The van der Waals surface area contributed by atoms with Gasteiger partial charge in [0.1, 0.15) is 16.7 Å². The van der Waals surface area contributed by atoms with Crippen molar-refractivity contribution in [3.05, 3.63) is 54.5 Å². The molecule has 142 valence electrons. The first-order valence-corrected chi connectivity index (χ1v) is 10.3. The molecule has 1 aliphatic heterocycles. The quantitative estimate of drug-likeness (QED) is 0.526. The molecule has 0 atom stereocenters. The number of likely N-dealkylation sites (N-methyl/N-ethyl adjacent to an activating group) is 1. The van der Waals surface area contributed by atoms with Crippen LogP contribution in [0.15, 0.2) is 58.2 Å². The fourth-order valence-corrected chi connectivity index (χ4v) is 4.73. The second-order valence-corrected chi connectivity index (χ2v) is 8.60. The van der Waals surface area contributed by atoms with E-state index >= 15 is 0 Å². The molecule has 0 N–H and O–H groups in total. The average Bonchev–Trinajstić information content (AvgIpc) is 3.33. The zero-order valence-corrected chi connectivity index (χ0v) is 15.9. The van der Waals surface area contributed by atoms with E-state index in [2.05, 4.69) is 26.2 Å². The normalized spacial score (nSPS) is 16.0. The maximum absolute atomic E-state index is 13.4. The number of benzene rings is 1. The summed E-state index contributed by atoms with van der Waals surface area (Å²) in [6.07, 6.45) is 6.03. The Bertz CT molecular complexity index is 1340. The topological polar surface area (TPSA) is 94.1 Å². The fourth-order valence-electron chi connectivity index (χ4n) is 3.42. The van der Waals surface area contributed by atoms with Crippen molar-refractivity contribution in [1.82, 2.24) is 24.2 Å². The van der Waals surface area contributed by atoms with Crippen molar-refractivity contribution in [3.8, 4) is 0 Å². The molecular formula is C19H17N5O3S. The molecule has 0 spiro atoms. The van der Waals surface area contributed by atoms with Gasteiger partial charge in [-0.1, -0.05) is 11.2 Å². The van der Waals surface area contributed by atoms with Gasteiger partial charge in [0.25, 0.3) is 10.0 Å². The lowest BCUT2D eigenvalue weighted by atomic mass is 10.0. The van der Waals surface area contributed by atoms with Crippen LogP contribution in [0.25, 0.3) is 27.6 Å². The van der Waals surface area contributed by atoms with Gasteiger partial charge in [-0.05, 0) is 49.4 Å². The van der Waals surface area contributed by atoms with Crippen molar-refractivity contribution in [2.45, 2.75) is 11.3 Å². The smallest absolute Gasteiger partial charge is 0.283 e. The minimum Gasteiger partial charge on any atom is -0.356 e. The third kappa shape index (κ3) is 2.62. The van der Waals surface area contributed by atoms with Crippen molar-refractivity contribution in [1.29, 1.82) is 0 Å². The highest BCUT2D eigenvalue weighted by molar-refractivity contribution is 7.90. The van der Waals surface area contributed by atoms with Crippen LogP contribution in [-0.2, 0) is 10.0 Å². The van der Waals surface area contributed by atoms with Crippen LogP contribution >= 0.6 is 0 Å². The van der Waals surface area contributed by atoms with E-state index in [0.29, 0.717) is 27.7 Å². The Morgan fingerprint density at radius 2 is 2.11 bits per heavy atom. The summed E-state index contributed by atoms with van der Waals surface area (Å²) in [5, 5.41) is 8.82. The van der Waals surface area contributed by atoms with E-state index < -0.39 is 10.0 Å². The zero-order valence-electron chi connectivity index (χ0n) is 15.1. The summed E-state index contributed by atoms with van der Waals surface area (Å²) in [5.74, 6) is 0. The van der Waals surface area contributed by atoms with Gasteiger partial charge in [0, 0.05) is 24.7 Å². The first-order valence-electron chi connectivity index (χ1n) is 8.86. The second kappa shape index (κ2) is 6.25. The lowest BCUT2D eigenvalue weighted by Gasteiger charge is -2.20. The monoisotopic (exact) mass is 395 g/mol. The van der Waals surface area contributed by atoms with E-state index in [4.69, 9.17) is 4.52 Å². The van der Waals surface area contributed by atoms with E-state index in [1.54, 1.807) is 30.5 Å². The molecule has 1 aliphatic rings. The molecule has 4 aromatic rings. The summed E-state index contributed by atoms with van der Waals surface area (Å²) in [7, 11) is -1.86. The number of nitrogens with zero attached hydrogens (tertiary/aromatic N) is 5. The fraction of sp³-hybridized carbons (Fsp3) is 0.211. The van der Waals surface area contributed by atoms with Crippen molar-refractivity contribution in [3.63, 3.8) is 0 Å². The molecule has 8 nitrogen and oxygen atoms in total. The van der Waals surface area contributed by atoms with Gasteiger partial charge in [0.05, 0.1) is 11.1 Å². The van der Waals surface area contributed by atoms with E-state index in [1.165, 1.54) is 12.3 Å². The molecule has 3 aromatic heterocycles. The number of fused-ring (bicyclic) bond motifs is 2. The molecule has 4 heterocycles. The van der Waals surface area contributed by atoms with Gasteiger partial charge in [-0.2, -0.15) is 17.6 Å². The molecule has 9 heteroatoms. The third-order valence-corrected chi connectivity index (χ3v) is 6.56. The number of pyridine rings is 1. The van der Waals surface area contributed by atoms with Gasteiger partial charge < -0.3 is 9.42 Å². The molecule has 0 saturated carbocycles. The summed E-state index contributed by atoms with van der Waals surface area (Å²) in [5.41, 5.74) is 3.22. The Balaban J connectivity index is 1.70. The number of hydrogen-bond donors (Lipinski definition) is 0. The van der Waals surface area contributed by atoms with Crippen molar-refractivity contribution >= 4 is 37.6 Å². The van der Waals surface area contributed by atoms with Crippen LogP contribution in [0.4, 0.5) is 0 Å². The van der Waals surface area contributed by atoms with E-state index in [1.807, 2.05) is 7.05 Å². The third-order valence-electron chi connectivity index (χ3n) is 4.97. The average molecular weight is 395 g/mol. The maximum Gasteiger partial charge on any atom is 0.283 e. The molecule has 0 amide bonds. The standard InChI is InChI=1S/C19H17N5O3S/c1-23-9-6-13(7-10-23)18-19-16(3-2-8-20-19)24(22-18)28(25,26)15-4-5-17-14(11-15)12-21-27-17/h2-6,8,11-12H,7,9-10H2,1H3. The second-order valence-electron chi connectivity index (χ2n) is 6.83. The molecule has 1 aromatic carbocycles. The molecule has 0 unspecified atom stereocenters. The molecule has 0 radical (unpaired) electrons. The molecule has 0 fully saturated rings. The van der Waals surface area contributed by atoms with Gasteiger partial charge in [-0.3, -0.25) is 4.98 Å². The van der Waals surface area contributed by atoms with Crippen LogP contribution in [0.5, 0.6) is 0 Å². The van der Waals surface area contributed by atoms with Crippen molar-refractivity contribution < 1.29 is 12.9 Å². The highest BCUT2D eigenvalue weighted by atomic mass is 32.2. The van der Waals surface area contributed by atoms with Gasteiger partial charge in [-0.15, -0.1) is 0 Å². The van der Waals surface area contributed by atoms with Crippen LogP contribution < -0.4 is 0 Å². The first kappa shape index (κ1) is 17.1. The summed E-state index contributed by atoms with van der Waals surface area (Å²) >= 11 is 0. The largest absolute Gasteiger partial charge is 0.356 e. The van der Waals surface area contributed by atoms with Crippen LogP contribution in [0.2, 0.25) is 0 Å². The van der Waals surface area contributed by atoms with Gasteiger partial charge >= 0.3 is 0 Å². The number of aromatic nitrogens is 4. The number of rotatable bonds is 3. The Labute approximate surface area is 161 Å². The molecule has 28 heavy (non-hydrogen) atoms. The van der Waals surface area contributed by atoms with E-state index in [-0.39, 0.29) is 4.90 Å². The van der Waals surface area contributed by atoms with Gasteiger partial charge in [0.15, 0.2) is 5.58 Å². The van der Waals surface area contributed by atoms with Crippen LogP contribution in [0, 0.1) is 0 Å². The van der Waals surface area contributed by atoms with Crippen LogP contribution in [0.1, 0.15) is 12.1 Å². The van der Waals surface area contributed by atoms with E-state index in [9.17, 15) is 8.42 Å². The maximum atomic E-state index is 13.4. The Kier molecular flexibility index (Phi) is 3.81.